The van der Waals surface area contributed by atoms with Gasteiger partial charge in [-0.25, -0.2) is 0 Å². The van der Waals surface area contributed by atoms with Crippen LogP contribution in [0.2, 0.25) is 0 Å². The van der Waals surface area contributed by atoms with Gasteiger partial charge < -0.3 is 20.1 Å². The molecular weight excluding hydrogens is 220 g/mol. The fraction of sp³-hybridized carbons (Fsp3) is 0.917. The van der Waals surface area contributed by atoms with Crippen LogP contribution in [0.15, 0.2) is 0 Å². The number of hydrogen-bond donors (Lipinski definition) is 2. The van der Waals surface area contributed by atoms with Gasteiger partial charge in [-0.15, -0.1) is 0 Å². The largest absolute Gasteiger partial charge is 0.394 e. The van der Waals surface area contributed by atoms with E-state index in [4.69, 9.17) is 9.84 Å². The molecule has 0 aliphatic carbocycles. The molecule has 0 spiro atoms. The predicted octanol–water partition coefficient (Wildman–Crippen LogP) is -0.406. The summed E-state index contributed by atoms with van der Waals surface area (Å²) >= 11 is 0. The molecule has 2 unspecified atom stereocenters. The number of carbonyl (C=O) groups excluding carboxylic acids is 1. The van der Waals surface area contributed by atoms with Crippen LogP contribution in [0.3, 0.4) is 0 Å². The molecule has 0 aromatic carbocycles. The molecule has 0 aromatic rings. The highest BCUT2D eigenvalue weighted by molar-refractivity contribution is 5.79. The van der Waals surface area contributed by atoms with Crippen molar-refractivity contribution >= 4 is 5.91 Å². The maximum absolute atomic E-state index is 12.4. The van der Waals surface area contributed by atoms with E-state index in [9.17, 15) is 4.79 Å². The molecule has 2 aliphatic heterocycles. The van der Waals surface area contributed by atoms with E-state index in [1.54, 1.807) is 0 Å². The number of morpholine rings is 1. The Morgan fingerprint density at radius 3 is 3.06 bits per heavy atom. The summed E-state index contributed by atoms with van der Waals surface area (Å²) in [6.45, 7) is 4.83. The molecule has 2 rings (SSSR count). The molecule has 2 heterocycles. The minimum Gasteiger partial charge on any atom is -0.394 e. The van der Waals surface area contributed by atoms with E-state index in [0.29, 0.717) is 13.2 Å². The molecule has 5 heteroatoms. The maximum Gasteiger partial charge on any atom is 0.227 e. The number of nitrogens with zero attached hydrogens (tertiary/aromatic N) is 1. The number of hydrogen-bond acceptors (Lipinski definition) is 4. The van der Waals surface area contributed by atoms with Gasteiger partial charge in [-0.05, 0) is 26.3 Å². The highest BCUT2D eigenvalue weighted by Crippen LogP contribution is 2.19. The predicted molar refractivity (Wildman–Crippen MR) is 63.6 cm³/mol. The first-order valence-electron chi connectivity index (χ1n) is 6.46. The quantitative estimate of drug-likeness (QED) is 0.691. The molecule has 17 heavy (non-hydrogen) atoms. The van der Waals surface area contributed by atoms with Gasteiger partial charge in [0.25, 0.3) is 0 Å². The zero-order valence-corrected chi connectivity index (χ0v) is 10.4. The number of aliphatic hydroxyl groups excluding tert-OH is 1. The molecule has 2 saturated heterocycles. The summed E-state index contributed by atoms with van der Waals surface area (Å²) in [7, 11) is 0. The van der Waals surface area contributed by atoms with Crippen LogP contribution >= 0.6 is 0 Å². The summed E-state index contributed by atoms with van der Waals surface area (Å²) in [5.74, 6) is 0.315. The Hall–Kier alpha value is -0.650. The molecule has 0 radical (unpaired) electrons. The second kappa shape index (κ2) is 5.80. The van der Waals surface area contributed by atoms with Gasteiger partial charge in [0.15, 0.2) is 0 Å². The molecule has 0 saturated carbocycles. The van der Waals surface area contributed by atoms with E-state index < -0.39 is 0 Å². The lowest BCUT2D eigenvalue weighted by Gasteiger charge is -2.39. The van der Waals surface area contributed by atoms with Crippen LogP contribution < -0.4 is 5.32 Å². The van der Waals surface area contributed by atoms with Gasteiger partial charge in [-0.3, -0.25) is 4.79 Å². The summed E-state index contributed by atoms with van der Waals surface area (Å²) in [6, 6.07) is 0.118. The van der Waals surface area contributed by atoms with Gasteiger partial charge in [0, 0.05) is 13.1 Å². The van der Waals surface area contributed by atoms with Gasteiger partial charge in [0.2, 0.25) is 5.91 Å². The van der Waals surface area contributed by atoms with Crippen LogP contribution in [0, 0.1) is 5.92 Å². The number of carbonyl (C=O) groups is 1. The minimum atomic E-state index is -0.216. The lowest BCUT2D eigenvalue weighted by atomic mass is 9.97. The van der Waals surface area contributed by atoms with Gasteiger partial charge in [0.1, 0.15) is 0 Å². The van der Waals surface area contributed by atoms with Crippen molar-refractivity contribution in [3.8, 4) is 0 Å². The van der Waals surface area contributed by atoms with E-state index >= 15 is 0 Å². The Bertz CT molecular complexity index is 266. The van der Waals surface area contributed by atoms with Crippen LogP contribution in [-0.4, -0.2) is 60.9 Å². The van der Waals surface area contributed by atoms with Gasteiger partial charge >= 0.3 is 0 Å². The Balaban J connectivity index is 1.95. The standard InChI is InChI=1S/C12H22N2O3/c1-9-8-17-11(7-15)6-14(9)12(16)10-3-2-4-13-5-10/h9-11,13,15H,2-8H2,1H3/t9?,10-,11?/m1/s1. The van der Waals surface area contributed by atoms with Crippen molar-refractivity contribution in [1.82, 2.24) is 10.2 Å². The Morgan fingerprint density at radius 2 is 2.41 bits per heavy atom. The lowest BCUT2D eigenvalue weighted by molar-refractivity contribution is -0.150. The first kappa shape index (κ1) is 12.8. The van der Waals surface area contributed by atoms with Crippen molar-refractivity contribution in [1.29, 1.82) is 0 Å². The average molecular weight is 242 g/mol. The number of rotatable bonds is 2. The van der Waals surface area contributed by atoms with Crippen LogP contribution in [0.25, 0.3) is 0 Å². The number of aliphatic hydroxyl groups is 1. The third-order valence-electron chi connectivity index (χ3n) is 3.64. The lowest BCUT2D eigenvalue weighted by Crippen LogP contribution is -2.55. The normalized spacial score (nSPS) is 34.7. The second-order valence-corrected chi connectivity index (χ2v) is 5.02. The molecule has 2 fully saturated rings. The zero-order valence-electron chi connectivity index (χ0n) is 10.4. The highest BCUT2D eigenvalue weighted by atomic mass is 16.5. The summed E-state index contributed by atoms with van der Waals surface area (Å²) < 4.78 is 5.45. The van der Waals surface area contributed by atoms with Crippen LogP contribution in [-0.2, 0) is 9.53 Å². The molecular formula is C12H22N2O3. The van der Waals surface area contributed by atoms with Crippen molar-refractivity contribution in [2.75, 3.05) is 32.8 Å². The zero-order chi connectivity index (χ0) is 12.3. The summed E-state index contributed by atoms with van der Waals surface area (Å²) in [4.78, 5) is 14.3. The SMILES string of the molecule is CC1COC(CO)CN1C(=O)[C@@H]1CCCNC1. The Morgan fingerprint density at radius 1 is 1.59 bits per heavy atom. The van der Waals surface area contributed by atoms with Gasteiger partial charge in [0.05, 0.1) is 31.3 Å². The smallest absolute Gasteiger partial charge is 0.227 e. The van der Waals surface area contributed by atoms with Crippen molar-refractivity contribution in [3.63, 3.8) is 0 Å². The van der Waals surface area contributed by atoms with Crippen LogP contribution in [0.5, 0.6) is 0 Å². The van der Waals surface area contributed by atoms with Crippen molar-refractivity contribution in [3.05, 3.63) is 0 Å². The molecule has 0 aromatic heterocycles. The molecule has 3 atom stereocenters. The summed E-state index contributed by atoms with van der Waals surface area (Å²) in [5.41, 5.74) is 0. The average Bonchev–Trinajstić information content (AvgIpc) is 2.39. The van der Waals surface area contributed by atoms with E-state index in [0.717, 1.165) is 25.9 Å². The first-order valence-corrected chi connectivity index (χ1v) is 6.46. The van der Waals surface area contributed by atoms with E-state index in [1.807, 2.05) is 11.8 Å². The fourth-order valence-corrected chi connectivity index (χ4v) is 2.53. The molecule has 0 bridgehead atoms. The van der Waals surface area contributed by atoms with Crippen LogP contribution in [0.4, 0.5) is 0 Å². The molecule has 5 nitrogen and oxygen atoms in total. The Kier molecular flexibility index (Phi) is 4.36. The van der Waals surface area contributed by atoms with Gasteiger partial charge in [-0.1, -0.05) is 0 Å². The monoisotopic (exact) mass is 242 g/mol. The summed E-state index contributed by atoms with van der Waals surface area (Å²) in [6.07, 6.45) is 1.82. The maximum atomic E-state index is 12.4. The molecule has 1 amide bonds. The van der Waals surface area contributed by atoms with Gasteiger partial charge in [-0.2, -0.15) is 0 Å². The Labute approximate surface area is 102 Å². The second-order valence-electron chi connectivity index (χ2n) is 5.02. The summed E-state index contributed by atoms with van der Waals surface area (Å²) in [5, 5.41) is 12.4. The van der Waals surface area contributed by atoms with E-state index in [1.165, 1.54) is 0 Å². The third-order valence-corrected chi connectivity index (χ3v) is 3.64. The number of amides is 1. The number of nitrogens with one attached hydrogen (secondary N) is 1. The first-order chi connectivity index (χ1) is 8.22. The van der Waals surface area contributed by atoms with Crippen molar-refractivity contribution in [2.24, 2.45) is 5.92 Å². The molecule has 98 valence electrons. The minimum absolute atomic E-state index is 0.0145. The molecule has 2 N–H and O–H groups in total. The molecule has 2 aliphatic rings. The van der Waals surface area contributed by atoms with E-state index in [-0.39, 0.29) is 30.6 Å². The fourth-order valence-electron chi connectivity index (χ4n) is 2.53. The van der Waals surface area contributed by atoms with E-state index in [2.05, 4.69) is 5.32 Å². The topological polar surface area (TPSA) is 61.8 Å². The number of ether oxygens (including phenoxy) is 1. The third kappa shape index (κ3) is 2.97. The number of piperidine rings is 1. The van der Waals surface area contributed by atoms with Crippen molar-refractivity contribution < 1.29 is 14.6 Å². The van der Waals surface area contributed by atoms with Crippen molar-refractivity contribution in [2.45, 2.75) is 31.9 Å². The van der Waals surface area contributed by atoms with Crippen LogP contribution in [0.1, 0.15) is 19.8 Å². The highest BCUT2D eigenvalue weighted by Gasteiger charge is 2.33.